The molecule has 0 radical (unpaired) electrons. The smallest absolute Gasteiger partial charge is 0.311 e. The molecule has 0 saturated carbocycles. The molecule has 0 saturated heterocycles. The number of hydrogen-bond donors (Lipinski definition) is 1. The van der Waals surface area contributed by atoms with Crippen LogP contribution in [0.5, 0.6) is 0 Å². The third-order valence-electron chi connectivity index (χ3n) is 3.99. The quantitative estimate of drug-likeness (QED) is 0.939. The van der Waals surface area contributed by atoms with E-state index in [0.29, 0.717) is 11.3 Å². The molecule has 120 valence electrons. The first-order chi connectivity index (χ1) is 10.7. The van der Waals surface area contributed by atoms with E-state index in [1.54, 1.807) is 16.8 Å². The lowest BCUT2D eigenvalue weighted by molar-refractivity contribution is -0.141. The number of carbonyl (C=O) groups is 1. The van der Waals surface area contributed by atoms with Gasteiger partial charge in [0.25, 0.3) is 0 Å². The Hall–Kier alpha value is -2.61. The molecule has 0 spiro atoms. The fraction of sp³-hybridized carbons (Fsp3) is 0.389. The summed E-state index contributed by atoms with van der Waals surface area (Å²) in [7, 11) is 0. The van der Waals surface area contributed by atoms with Gasteiger partial charge in [-0.3, -0.25) is 4.79 Å². The van der Waals surface area contributed by atoms with Crippen molar-refractivity contribution in [1.82, 2.24) is 9.78 Å². The minimum atomic E-state index is -0.844. The second kappa shape index (κ2) is 5.88. The molecule has 1 unspecified atom stereocenters. The van der Waals surface area contributed by atoms with E-state index in [9.17, 15) is 9.90 Å². The van der Waals surface area contributed by atoms with E-state index in [1.807, 2.05) is 46.8 Å². The molecule has 5 heteroatoms. The highest BCUT2D eigenvalue weighted by atomic mass is 16.4. The van der Waals surface area contributed by atoms with Gasteiger partial charge in [-0.05, 0) is 43.5 Å². The van der Waals surface area contributed by atoms with Gasteiger partial charge in [0.2, 0.25) is 0 Å². The summed E-state index contributed by atoms with van der Waals surface area (Å²) in [6, 6.07) is 9.16. The van der Waals surface area contributed by atoms with Gasteiger partial charge in [0, 0.05) is 11.3 Å². The van der Waals surface area contributed by atoms with E-state index in [1.165, 1.54) is 0 Å². The van der Waals surface area contributed by atoms with E-state index in [2.05, 4.69) is 11.2 Å². The van der Waals surface area contributed by atoms with Gasteiger partial charge in [0.1, 0.15) is 0 Å². The van der Waals surface area contributed by atoms with Crippen LogP contribution >= 0.6 is 0 Å². The van der Waals surface area contributed by atoms with Gasteiger partial charge in [0.05, 0.1) is 28.9 Å². The van der Waals surface area contributed by atoms with Gasteiger partial charge >= 0.3 is 5.97 Å². The van der Waals surface area contributed by atoms with Crippen molar-refractivity contribution in [2.75, 3.05) is 0 Å². The molecule has 2 aromatic rings. The van der Waals surface area contributed by atoms with E-state index < -0.39 is 17.3 Å². The van der Waals surface area contributed by atoms with Crippen molar-refractivity contribution in [3.63, 3.8) is 0 Å². The minimum Gasteiger partial charge on any atom is -0.481 e. The number of benzene rings is 1. The van der Waals surface area contributed by atoms with Crippen LogP contribution in [-0.2, 0) is 4.79 Å². The number of carboxylic acid groups (broad SMARTS) is 1. The first kappa shape index (κ1) is 16.8. The maximum atomic E-state index is 11.8. The molecule has 0 fully saturated rings. The SMILES string of the molecule is Cc1nn(-c2ccc(C#N)cc2)c(C)c1C(C(=O)O)C(C)(C)C. The number of nitriles is 1. The standard InChI is InChI=1S/C18H21N3O2/c1-11-15(16(17(22)23)18(3,4)5)12(2)21(20-11)14-8-6-13(10-19)7-9-14/h6-9,16H,1-5H3,(H,22,23). The average molecular weight is 311 g/mol. The first-order valence-electron chi connectivity index (χ1n) is 7.46. The van der Waals surface area contributed by atoms with Gasteiger partial charge in [0.15, 0.2) is 0 Å². The molecule has 0 amide bonds. The van der Waals surface area contributed by atoms with Gasteiger partial charge in [-0.25, -0.2) is 4.68 Å². The lowest BCUT2D eigenvalue weighted by Gasteiger charge is -2.27. The Balaban J connectivity index is 2.59. The highest BCUT2D eigenvalue weighted by Gasteiger charge is 2.36. The van der Waals surface area contributed by atoms with Crippen LogP contribution in [0.1, 0.15) is 49.2 Å². The Labute approximate surface area is 136 Å². The van der Waals surface area contributed by atoms with Crippen LogP contribution in [0.4, 0.5) is 0 Å². The van der Waals surface area contributed by atoms with Crippen molar-refractivity contribution in [3.8, 4) is 11.8 Å². The Morgan fingerprint density at radius 1 is 1.26 bits per heavy atom. The normalized spacial score (nSPS) is 12.7. The maximum absolute atomic E-state index is 11.8. The van der Waals surface area contributed by atoms with Crippen LogP contribution in [0, 0.1) is 30.6 Å². The van der Waals surface area contributed by atoms with Crippen LogP contribution in [-0.4, -0.2) is 20.9 Å². The van der Waals surface area contributed by atoms with Crippen LogP contribution in [0.3, 0.4) is 0 Å². The molecule has 1 aromatic carbocycles. The van der Waals surface area contributed by atoms with Crippen LogP contribution in [0.15, 0.2) is 24.3 Å². The highest BCUT2D eigenvalue weighted by Crippen LogP contribution is 2.38. The van der Waals surface area contributed by atoms with Crippen LogP contribution < -0.4 is 0 Å². The third-order valence-corrected chi connectivity index (χ3v) is 3.99. The fourth-order valence-corrected chi connectivity index (χ4v) is 2.93. The molecule has 0 aliphatic rings. The Kier molecular flexibility index (Phi) is 4.28. The van der Waals surface area contributed by atoms with Crippen molar-refractivity contribution in [3.05, 3.63) is 46.8 Å². The second-order valence-corrected chi connectivity index (χ2v) is 6.79. The van der Waals surface area contributed by atoms with Gasteiger partial charge < -0.3 is 5.11 Å². The topological polar surface area (TPSA) is 78.9 Å². The van der Waals surface area contributed by atoms with Crippen LogP contribution in [0.2, 0.25) is 0 Å². The summed E-state index contributed by atoms with van der Waals surface area (Å²) >= 11 is 0. The first-order valence-corrected chi connectivity index (χ1v) is 7.46. The van der Waals surface area contributed by atoms with Crippen molar-refractivity contribution in [2.24, 2.45) is 5.41 Å². The summed E-state index contributed by atoms with van der Waals surface area (Å²) in [4.78, 5) is 11.8. The predicted octanol–water partition coefficient (Wildman–Crippen LogP) is 3.58. The van der Waals surface area contributed by atoms with Crippen molar-refractivity contribution in [2.45, 2.75) is 40.5 Å². The Morgan fingerprint density at radius 2 is 1.83 bits per heavy atom. The molecule has 1 N–H and O–H groups in total. The molecule has 0 aliphatic carbocycles. The van der Waals surface area contributed by atoms with Gasteiger partial charge in [-0.2, -0.15) is 10.4 Å². The molecule has 0 aliphatic heterocycles. The van der Waals surface area contributed by atoms with Crippen molar-refractivity contribution < 1.29 is 9.90 Å². The zero-order chi connectivity index (χ0) is 17.4. The summed E-state index contributed by atoms with van der Waals surface area (Å²) < 4.78 is 1.74. The largest absolute Gasteiger partial charge is 0.481 e. The van der Waals surface area contributed by atoms with E-state index in [0.717, 1.165) is 16.9 Å². The van der Waals surface area contributed by atoms with Crippen molar-refractivity contribution >= 4 is 5.97 Å². The monoisotopic (exact) mass is 311 g/mol. The zero-order valence-corrected chi connectivity index (χ0v) is 14.1. The Bertz CT molecular complexity index is 774. The molecule has 1 aromatic heterocycles. The molecule has 23 heavy (non-hydrogen) atoms. The summed E-state index contributed by atoms with van der Waals surface area (Å²) in [6.45, 7) is 9.48. The summed E-state index contributed by atoms with van der Waals surface area (Å²) in [6.07, 6.45) is 0. The molecule has 2 rings (SSSR count). The molecule has 1 atom stereocenters. The number of nitrogens with zero attached hydrogens (tertiary/aromatic N) is 3. The zero-order valence-electron chi connectivity index (χ0n) is 14.1. The van der Waals surface area contributed by atoms with Crippen molar-refractivity contribution in [1.29, 1.82) is 5.26 Å². The number of rotatable bonds is 3. The van der Waals surface area contributed by atoms with Crippen LogP contribution in [0.25, 0.3) is 5.69 Å². The van der Waals surface area contributed by atoms with Gasteiger partial charge in [-0.1, -0.05) is 20.8 Å². The van der Waals surface area contributed by atoms with Gasteiger partial charge in [-0.15, -0.1) is 0 Å². The molecule has 1 heterocycles. The molecular weight excluding hydrogens is 290 g/mol. The number of carboxylic acids is 1. The molecule has 0 bridgehead atoms. The fourth-order valence-electron chi connectivity index (χ4n) is 2.93. The maximum Gasteiger partial charge on any atom is 0.311 e. The summed E-state index contributed by atoms with van der Waals surface area (Å²) in [5, 5.41) is 23.1. The van der Waals surface area contributed by atoms with E-state index in [4.69, 9.17) is 5.26 Å². The number of aromatic nitrogens is 2. The number of hydrogen-bond acceptors (Lipinski definition) is 3. The lowest BCUT2D eigenvalue weighted by Crippen LogP contribution is -2.27. The number of aryl methyl sites for hydroxylation is 1. The average Bonchev–Trinajstić information content (AvgIpc) is 2.74. The minimum absolute atomic E-state index is 0.417. The van der Waals surface area contributed by atoms with E-state index >= 15 is 0 Å². The summed E-state index contributed by atoms with van der Waals surface area (Å²) in [5.41, 5.74) is 3.26. The Morgan fingerprint density at radius 3 is 2.26 bits per heavy atom. The van der Waals surface area contributed by atoms with E-state index in [-0.39, 0.29) is 0 Å². The lowest BCUT2D eigenvalue weighted by atomic mass is 9.75. The molecule has 5 nitrogen and oxygen atoms in total. The molecular formula is C18H21N3O2. The highest BCUT2D eigenvalue weighted by molar-refractivity contribution is 5.78. The second-order valence-electron chi connectivity index (χ2n) is 6.79. The third kappa shape index (κ3) is 3.11. The summed E-state index contributed by atoms with van der Waals surface area (Å²) in [5.74, 6) is -1.47. The number of aliphatic carboxylic acids is 1. The predicted molar refractivity (Wildman–Crippen MR) is 87.6 cm³/mol.